The van der Waals surface area contributed by atoms with Gasteiger partial charge in [0.25, 0.3) is 0 Å². The first-order valence-electron chi connectivity index (χ1n) is 11.2. The van der Waals surface area contributed by atoms with Gasteiger partial charge in [-0.3, -0.25) is 14.4 Å². The Balaban J connectivity index is 1.66. The van der Waals surface area contributed by atoms with E-state index in [-0.39, 0.29) is 17.5 Å². The molecule has 1 fully saturated rings. The van der Waals surface area contributed by atoms with Crippen molar-refractivity contribution in [3.63, 3.8) is 0 Å². The second-order valence-corrected chi connectivity index (χ2v) is 9.96. The highest BCUT2D eigenvalue weighted by Gasteiger charge is 2.69. The summed E-state index contributed by atoms with van der Waals surface area (Å²) in [6, 6.07) is 21.2. The van der Waals surface area contributed by atoms with E-state index >= 15 is 0 Å². The number of fused-ring (bicyclic) bond motifs is 6. The van der Waals surface area contributed by atoms with E-state index in [0.29, 0.717) is 11.3 Å². The van der Waals surface area contributed by atoms with E-state index in [1.807, 2.05) is 77.7 Å². The molecule has 0 aliphatic carbocycles. The third-order valence-electron chi connectivity index (χ3n) is 7.37. The fourth-order valence-corrected chi connectivity index (χ4v) is 6.33. The number of rotatable bonds is 3. The highest BCUT2D eigenvalue weighted by Crippen LogP contribution is 2.57. The molecule has 1 N–H and O–H groups in total. The van der Waals surface area contributed by atoms with Crippen LogP contribution in [0.5, 0.6) is 0 Å². The number of nitrogens with zero attached hydrogens (tertiary/aromatic N) is 1. The third-order valence-corrected chi connectivity index (χ3v) is 7.90. The molecule has 1 spiro atoms. The number of nitrogens with one attached hydrogen (secondary N) is 1. The van der Waals surface area contributed by atoms with Gasteiger partial charge in [0.1, 0.15) is 5.41 Å². The maximum absolute atomic E-state index is 14.2. The molecule has 0 saturated carbocycles. The molecule has 0 radical (unpaired) electrons. The smallest absolute Gasteiger partial charge is 0.238 e. The second kappa shape index (κ2) is 7.50. The van der Waals surface area contributed by atoms with Crippen molar-refractivity contribution < 1.29 is 14.4 Å². The molecular formula is C28H21BrN2O3. The van der Waals surface area contributed by atoms with Gasteiger partial charge in [-0.2, -0.15) is 0 Å². The number of halogens is 1. The van der Waals surface area contributed by atoms with Gasteiger partial charge in [0.05, 0.1) is 18.0 Å². The summed E-state index contributed by atoms with van der Waals surface area (Å²) in [7, 11) is 0. The zero-order chi connectivity index (χ0) is 23.6. The summed E-state index contributed by atoms with van der Waals surface area (Å²) in [6.07, 6.45) is 3.98. The molecule has 5 nitrogen and oxygen atoms in total. The zero-order valence-electron chi connectivity index (χ0n) is 18.4. The molecule has 4 atom stereocenters. The molecule has 6 rings (SSSR count). The number of para-hydroxylation sites is 2. The first-order chi connectivity index (χ1) is 16.4. The predicted octanol–water partition coefficient (Wildman–Crippen LogP) is 5.01. The summed E-state index contributed by atoms with van der Waals surface area (Å²) in [5.41, 5.74) is 2.52. The van der Waals surface area contributed by atoms with E-state index in [9.17, 15) is 14.4 Å². The van der Waals surface area contributed by atoms with Crippen molar-refractivity contribution in [2.45, 2.75) is 24.4 Å². The average molecular weight is 513 g/mol. The number of ketones is 2. The van der Waals surface area contributed by atoms with Crippen molar-refractivity contribution in [1.29, 1.82) is 0 Å². The Labute approximate surface area is 205 Å². The summed E-state index contributed by atoms with van der Waals surface area (Å²) in [4.78, 5) is 43.5. The lowest BCUT2D eigenvalue weighted by Gasteiger charge is -2.37. The van der Waals surface area contributed by atoms with E-state index in [4.69, 9.17) is 0 Å². The molecule has 6 heteroatoms. The SMILES string of the molecule is CC(=O)C1C(C(=O)c2ccc(Br)cc2)C2(C(=O)Nc3ccccc32)C2C=Cc3ccccc3N12. The van der Waals surface area contributed by atoms with Crippen LogP contribution in [0, 0.1) is 5.92 Å². The van der Waals surface area contributed by atoms with E-state index in [0.717, 1.165) is 21.3 Å². The average Bonchev–Trinajstić information content (AvgIpc) is 3.32. The van der Waals surface area contributed by atoms with Gasteiger partial charge in [-0.15, -0.1) is 0 Å². The highest BCUT2D eigenvalue weighted by molar-refractivity contribution is 9.10. The first-order valence-corrected chi connectivity index (χ1v) is 12.0. The van der Waals surface area contributed by atoms with Crippen molar-refractivity contribution in [1.82, 2.24) is 0 Å². The van der Waals surface area contributed by atoms with Gasteiger partial charge >= 0.3 is 0 Å². The van der Waals surface area contributed by atoms with Crippen LogP contribution >= 0.6 is 15.9 Å². The monoisotopic (exact) mass is 512 g/mol. The van der Waals surface area contributed by atoms with E-state index in [2.05, 4.69) is 21.2 Å². The number of anilines is 2. The number of carbonyl (C=O) groups excluding carboxylic acids is 3. The van der Waals surface area contributed by atoms with Crippen LogP contribution in [0.3, 0.4) is 0 Å². The van der Waals surface area contributed by atoms with Crippen LogP contribution in [0.25, 0.3) is 6.08 Å². The van der Waals surface area contributed by atoms with Crippen LogP contribution in [0.4, 0.5) is 11.4 Å². The minimum Gasteiger partial charge on any atom is -0.352 e. The Bertz CT molecular complexity index is 1400. The fraction of sp³-hybridized carbons (Fsp3) is 0.179. The number of hydrogen-bond donors (Lipinski definition) is 1. The van der Waals surface area contributed by atoms with Crippen LogP contribution < -0.4 is 10.2 Å². The number of Topliss-reactive ketones (excluding diaryl/α,β-unsaturated/α-hetero) is 2. The van der Waals surface area contributed by atoms with Crippen molar-refractivity contribution in [2.75, 3.05) is 10.2 Å². The Hall–Kier alpha value is -3.51. The molecule has 4 unspecified atom stereocenters. The molecule has 0 aromatic heterocycles. The molecule has 3 aromatic rings. The van der Waals surface area contributed by atoms with E-state index < -0.39 is 23.4 Å². The van der Waals surface area contributed by atoms with E-state index in [1.165, 1.54) is 6.92 Å². The minimum absolute atomic E-state index is 0.139. The molecule has 1 amide bonds. The molecule has 3 aliphatic heterocycles. The molecule has 1 saturated heterocycles. The third kappa shape index (κ3) is 2.69. The largest absolute Gasteiger partial charge is 0.352 e. The summed E-state index contributed by atoms with van der Waals surface area (Å²) in [5, 5.41) is 3.02. The maximum Gasteiger partial charge on any atom is 0.238 e. The highest BCUT2D eigenvalue weighted by atomic mass is 79.9. The second-order valence-electron chi connectivity index (χ2n) is 9.04. The van der Waals surface area contributed by atoms with Crippen LogP contribution in [0.1, 0.15) is 28.4 Å². The van der Waals surface area contributed by atoms with E-state index in [1.54, 1.807) is 12.1 Å². The van der Waals surface area contributed by atoms with Crippen LogP contribution in [-0.2, 0) is 15.0 Å². The van der Waals surface area contributed by atoms with Crippen molar-refractivity contribution in [3.05, 3.63) is 100 Å². The van der Waals surface area contributed by atoms with Crippen molar-refractivity contribution in [2.24, 2.45) is 5.92 Å². The predicted molar refractivity (Wildman–Crippen MR) is 135 cm³/mol. The standard InChI is InChI=1S/C28H21BrN2O3/c1-16(32)25-24(26(33)18-10-13-19(29)14-11-18)28(20-7-3-4-8-21(20)30-27(28)34)23-15-12-17-6-2-5-9-22(17)31(23)25/h2-15,23-25H,1H3,(H,30,34). The molecule has 3 heterocycles. The quantitative estimate of drug-likeness (QED) is 0.500. The number of benzene rings is 3. The number of amides is 1. The lowest BCUT2D eigenvalue weighted by molar-refractivity contribution is -0.122. The van der Waals surface area contributed by atoms with Gasteiger partial charge in [0, 0.05) is 21.4 Å². The molecule has 168 valence electrons. The van der Waals surface area contributed by atoms with Gasteiger partial charge in [-0.05, 0) is 42.3 Å². The number of carbonyl (C=O) groups is 3. The van der Waals surface area contributed by atoms with Gasteiger partial charge in [0.15, 0.2) is 11.6 Å². The topological polar surface area (TPSA) is 66.5 Å². The van der Waals surface area contributed by atoms with Gasteiger partial charge in [-0.25, -0.2) is 0 Å². The normalized spacial score (nSPS) is 26.1. The van der Waals surface area contributed by atoms with Crippen LogP contribution in [0.2, 0.25) is 0 Å². The van der Waals surface area contributed by atoms with Crippen molar-refractivity contribution >= 4 is 50.9 Å². The fourth-order valence-electron chi connectivity index (χ4n) is 6.07. The maximum atomic E-state index is 14.2. The first kappa shape index (κ1) is 21.1. The van der Waals surface area contributed by atoms with Gasteiger partial charge in [-0.1, -0.05) is 76.6 Å². The minimum atomic E-state index is -1.24. The van der Waals surface area contributed by atoms with Crippen molar-refractivity contribution in [3.8, 4) is 0 Å². The van der Waals surface area contributed by atoms with Gasteiger partial charge < -0.3 is 10.2 Å². The molecule has 3 aliphatic rings. The Morgan fingerprint density at radius 3 is 2.44 bits per heavy atom. The Morgan fingerprint density at radius 2 is 1.68 bits per heavy atom. The van der Waals surface area contributed by atoms with Crippen LogP contribution in [0.15, 0.2) is 83.3 Å². The van der Waals surface area contributed by atoms with Gasteiger partial charge in [0.2, 0.25) is 5.91 Å². The molecular weight excluding hydrogens is 492 g/mol. The number of hydrogen-bond acceptors (Lipinski definition) is 4. The lowest BCUT2D eigenvalue weighted by atomic mass is 9.64. The summed E-state index contributed by atoms with van der Waals surface area (Å²) >= 11 is 3.42. The summed E-state index contributed by atoms with van der Waals surface area (Å²) in [5.74, 6) is -1.48. The molecule has 3 aromatic carbocycles. The summed E-state index contributed by atoms with van der Waals surface area (Å²) in [6.45, 7) is 1.52. The summed E-state index contributed by atoms with van der Waals surface area (Å²) < 4.78 is 0.853. The zero-order valence-corrected chi connectivity index (χ0v) is 20.0. The molecule has 34 heavy (non-hydrogen) atoms. The molecule has 0 bridgehead atoms. The Kier molecular flexibility index (Phi) is 4.64. The lowest BCUT2D eigenvalue weighted by Crippen LogP contribution is -2.51. The van der Waals surface area contributed by atoms with Crippen LogP contribution in [-0.4, -0.2) is 29.6 Å². The Morgan fingerprint density at radius 1 is 0.971 bits per heavy atom.